The molecule has 1 heterocycles. The fourth-order valence-corrected chi connectivity index (χ4v) is 5.29. The highest BCUT2D eigenvalue weighted by molar-refractivity contribution is 5.84. The molecule has 1 saturated heterocycles. The summed E-state index contributed by atoms with van der Waals surface area (Å²) in [6.07, 6.45) is 3.01. The van der Waals surface area contributed by atoms with E-state index < -0.39 is 17.1 Å². The highest BCUT2D eigenvalue weighted by Crippen LogP contribution is 2.58. The average molecular weight is 349 g/mol. The molecule has 0 unspecified atom stereocenters. The molecule has 3 rings (SSSR count). The number of azide groups is 2. The van der Waals surface area contributed by atoms with Crippen LogP contribution in [0, 0.1) is 17.3 Å². The molecule has 0 amide bonds. The van der Waals surface area contributed by atoms with Crippen LogP contribution in [0.5, 0.6) is 0 Å². The van der Waals surface area contributed by atoms with Crippen LogP contribution in [-0.4, -0.2) is 41.4 Å². The molecule has 0 radical (unpaired) electrons. The van der Waals surface area contributed by atoms with Gasteiger partial charge in [0, 0.05) is 15.7 Å². The quantitative estimate of drug-likeness (QED) is 0.343. The number of esters is 1. The summed E-state index contributed by atoms with van der Waals surface area (Å²) in [5, 5.41) is 18.3. The van der Waals surface area contributed by atoms with Gasteiger partial charge in [-0.05, 0) is 48.1 Å². The number of carbonyl (C=O) groups is 1. The van der Waals surface area contributed by atoms with Crippen LogP contribution in [-0.2, 0) is 9.53 Å². The van der Waals surface area contributed by atoms with E-state index in [1.54, 1.807) is 0 Å². The van der Waals surface area contributed by atoms with E-state index in [2.05, 4.69) is 27.0 Å². The van der Waals surface area contributed by atoms with Crippen molar-refractivity contribution in [1.29, 1.82) is 0 Å². The Kier molecular flexibility index (Phi) is 4.33. The Morgan fingerprint density at radius 1 is 1.32 bits per heavy atom. The van der Waals surface area contributed by atoms with Crippen LogP contribution in [0.25, 0.3) is 20.9 Å². The van der Waals surface area contributed by atoms with E-state index >= 15 is 0 Å². The average Bonchev–Trinajstić information content (AvgIpc) is 2.80. The molecule has 1 aliphatic heterocycles. The minimum absolute atomic E-state index is 0.00384. The summed E-state index contributed by atoms with van der Waals surface area (Å²) in [5.74, 6) is -1.04. The third-order valence-electron chi connectivity index (χ3n) is 6.56. The van der Waals surface area contributed by atoms with Crippen molar-refractivity contribution in [2.45, 2.75) is 56.3 Å². The van der Waals surface area contributed by atoms with Crippen LogP contribution in [0.3, 0.4) is 0 Å². The Bertz CT molecular complexity index is 674. The van der Waals surface area contributed by atoms with Gasteiger partial charge in [-0.3, -0.25) is 4.79 Å². The van der Waals surface area contributed by atoms with Crippen LogP contribution < -0.4 is 5.73 Å². The van der Waals surface area contributed by atoms with Gasteiger partial charge in [0.15, 0.2) is 0 Å². The number of fused-ring (bicyclic) bond motifs is 2. The Hall–Kier alpha value is -1.99. The van der Waals surface area contributed by atoms with Crippen molar-refractivity contribution in [3.05, 3.63) is 20.9 Å². The van der Waals surface area contributed by atoms with Crippen LogP contribution in [0.4, 0.5) is 0 Å². The van der Waals surface area contributed by atoms with Crippen molar-refractivity contribution < 1.29 is 14.6 Å². The van der Waals surface area contributed by atoms with Crippen molar-refractivity contribution in [1.82, 2.24) is 0 Å². The summed E-state index contributed by atoms with van der Waals surface area (Å²) in [5.41, 5.74) is 20.8. The largest absolute Gasteiger partial charge is 0.461 e. The van der Waals surface area contributed by atoms with Crippen molar-refractivity contribution >= 4 is 5.97 Å². The predicted molar refractivity (Wildman–Crippen MR) is 87.9 cm³/mol. The van der Waals surface area contributed by atoms with Gasteiger partial charge in [-0.2, -0.15) is 0 Å². The van der Waals surface area contributed by atoms with Crippen LogP contribution in [0.1, 0.15) is 39.0 Å². The van der Waals surface area contributed by atoms with Gasteiger partial charge in [0.2, 0.25) is 0 Å². The van der Waals surface area contributed by atoms with Gasteiger partial charge in [-0.1, -0.05) is 23.6 Å². The van der Waals surface area contributed by atoms with E-state index in [0.29, 0.717) is 19.3 Å². The lowest BCUT2D eigenvalue weighted by molar-refractivity contribution is -0.157. The van der Waals surface area contributed by atoms with Gasteiger partial charge in [0.1, 0.15) is 11.6 Å². The maximum Gasteiger partial charge on any atom is 0.326 e. The monoisotopic (exact) mass is 349 g/mol. The lowest BCUT2D eigenvalue weighted by atomic mass is 9.51. The summed E-state index contributed by atoms with van der Waals surface area (Å²) < 4.78 is 5.53. The Balaban J connectivity index is 1.94. The van der Waals surface area contributed by atoms with E-state index in [1.807, 2.05) is 0 Å². The van der Waals surface area contributed by atoms with Gasteiger partial charge < -0.3 is 15.6 Å². The molecule has 3 fully saturated rings. The number of hydrogen-bond acceptors (Lipinski definition) is 6. The maximum absolute atomic E-state index is 12.4. The minimum atomic E-state index is -1.37. The molecular formula is C15H23N7O3. The number of aliphatic hydroxyl groups is 1. The summed E-state index contributed by atoms with van der Waals surface area (Å²) in [4.78, 5) is 17.9. The predicted octanol–water partition coefficient (Wildman–Crippen LogP) is 2.18. The van der Waals surface area contributed by atoms with Crippen molar-refractivity contribution in [2.24, 2.45) is 33.2 Å². The fourth-order valence-electron chi connectivity index (χ4n) is 5.29. The molecule has 0 aromatic carbocycles. The zero-order valence-electron chi connectivity index (χ0n) is 14.2. The molecule has 136 valence electrons. The molecule has 10 nitrogen and oxygen atoms in total. The fraction of sp³-hybridized carbons (Fsp3) is 0.933. The summed E-state index contributed by atoms with van der Waals surface area (Å²) in [6, 6.07) is 0. The van der Waals surface area contributed by atoms with Crippen LogP contribution in [0.15, 0.2) is 10.2 Å². The maximum atomic E-state index is 12.4. The standard InChI is InChI=1S/C15H23N7O3/c1-13-3-2-4-14(24,7-19-21-17)11(13)5-9-10(6-13)25-12(23)15(9,16)8-20-22-18/h9-11,24H,2-8,16H2,1H3/t9-,10+,11+,13+,14-,15+/m0/s1. The molecule has 0 bridgehead atoms. The second-order valence-electron chi connectivity index (χ2n) is 7.97. The van der Waals surface area contributed by atoms with E-state index in [4.69, 9.17) is 21.5 Å². The first-order valence-corrected chi connectivity index (χ1v) is 8.53. The lowest BCUT2D eigenvalue weighted by Gasteiger charge is -2.56. The lowest BCUT2D eigenvalue weighted by Crippen LogP contribution is -2.61. The highest BCUT2D eigenvalue weighted by atomic mass is 16.6. The second-order valence-corrected chi connectivity index (χ2v) is 7.97. The highest BCUT2D eigenvalue weighted by Gasteiger charge is 2.63. The smallest absolute Gasteiger partial charge is 0.326 e. The zero-order chi connectivity index (χ0) is 18.3. The van der Waals surface area contributed by atoms with Crippen LogP contribution >= 0.6 is 0 Å². The molecule has 2 saturated carbocycles. The summed E-state index contributed by atoms with van der Waals surface area (Å²) >= 11 is 0. The van der Waals surface area contributed by atoms with Crippen molar-refractivity contribution in [2.75, 3.05) is 13.1 Å². The van der Waals surface area contributed by atoms with Crippen molar-refractivity contribution in [3.63, 3.8) is 0 Å². The zero-order valence-corrected chi connectivity index (χ0v) is 14.2. The topological polar surface area (TPSA) is 170 Å². The van der Waals surface area contributed by atoms with Gasteiger partial charge in [-0.25, -0.2) is 0 Å². The number of nitrogens with zero attached hydrogens (tertiary/aromatic N) is 6. The number of carbonyl (C=O) groups excluding carboxylic acids is 1. The molecule has 0 aromatic heterocycles. The molecule has 3 N–H and O–H groups in total. The normalized spacial score (nSPS) is 45.4. The first kappa shape index (κ1) is 17.8. The van der Waals surface area contributed by atoms with E-state index in [0.717, 1.165) is 12.8 Å². The third-order valence-corrected chi connectivity index (χ3v) is 6.56. The first-order chi connectivity index (χ1) is 11.8. The first-order valence-electron chi connectivity index (χ1n) is 8.53. The molecule has 0 aromatic rings. The van der Waals surface area contributed by atoms with Gasteiger partial charge >= 0.3 is 5.97 Å². The van der Waals surface area contributed by atoms with Crippen LogP contribution in [0.2, 0.25) is 0 Å². The Morgan fingerprint density at radius 3 is 2.68 bits per heavy atom. The Morgan fingerprint density at radius 2 is 2.00 bits per heavy atom. The number of nitrogens with two attached hydrogens (primary N) is 1. The molecule has 2 aliphatic carbocycles. The second kappa shape index (κ2) is 6.07. The molecule has 6 atom stereocenters. The number of ether oxygens (including phenoxy) is 1. The molecule has 10 heteroatoms. The Labute approximate surface area is 145 Å². The summed E-state index contributed by atoms with van der Waals surface area (Å²) in [7, 11) is 0. The van der Waals surface area contributed by atoms with Crippen molar-refractivity contribution in [3.8, 4) is 0 Å². The molecular weight excluding hydrogens is 326 g/mol. The molecule has 25 heavy (non-hydrogen) atoms. The number of hydrogen-bond donors (Lipinski definition) is 2. The minimum Gasteiger partial charge on any atom is -0.461 e. The van der Waals surface area contributed by atoms with E-state index in [1.165, 1.54) is 0 Å². The van der Waals surface area contributed by atoms with Gasteiger partial charge in [0.05, 0.1) is 18.7 Å². The molecule has 3 aliphatic rings. The molecule has 0 spiro atoms. The number of rotatable bonds is 4. The summed E-state index contributed by atoms with van der Waals surface area (Å²) in [6.45, 7) is 1.93. The van der Waals surface area contributed by atoms with Gasteiger partial charge in [-0.15, -0.1) is 0 Å². The third kappa shape index (κ3) is 2.71. The van der Waals surface area contributed by atoms with E-state index in [9.17, 15) is 9.90 Å². The van der Waals surface area contributed by atoms with Gasteiger partial charge in [0.25, 0.3) is 0 Å². The SMILES string of the molecule is C[C@]12CCC[C@](O)(CN=[N+]=[N-])[C@@H]1C[C@H]1[C@@H](C2)OC(=O)[C@@]1(N)CN=[N+]=[N-]. The van der Waals surface area contributed by atoms with E-state index in [-0.39, 0.29) is 36.4 Å².